The molecule has 2 aromatic carbocycles. The minimum Gasteiger partial charge on any atom is -0.497 e. The number of ether oxygens (including phenoxy) is 1. The van der Waals surface area contributed by atoms with Crippen LogP contribution in [-0.2, 0) is 4.79 Å². The molecular formula is C20H23NO2. The normalized spacial score (nSPS) is 11.2. The second-order valence-electron chi connectivity index (χ2n) is 5.17. The molecule has 0 N–H and O–H groups in total. The van der Waals surface area contributed by atoms with Crippen LogP contribution in [0.1, 0.15) is 25.0 Å². The molecule has 23 heavy (non-hydrogen) atoms. The number of hydrogen-bond acceptors (Lipinski definition) is 2. The molecule has 3 nitrogen and oxygen atoms in total. The fourth-order valence-electron chi connectivity index (χ4n) is 2.43. The third-order valence-corrected chi connectivity index (χ3v) is 3.79. The van der Waals surface area contributed by atoms with Crippen LogP contribution in [0.5, 0.6) is 5.75 Å². The Kier molecular flexibility index (Phi) is 5.98. The predicted octanol–water partition coefficient (Wildman–Crippen LogP) is 4.10. The highest BCUT2D eigenvalue weighted by molar-refractivity contribution is 6.24. The molecule has 0 spiro atoms. The maximum atomic E-state index is 12.9. The van der Waals surface area contributed by atoms with Gasteiger partial charge in [0.1, 0.15) is 5.75 Å². The zero-order valence-corrected chi connectivity index (χ0v) is 14.0. The molecular weight excluding hydrogens is 286 g/mol. The number of hydrogen-bond donors (Lipinski definition) is 0. The van der Waals surface area contributed by atoms with Gasteiger partial charge in [0, 0.05) is 18.7 Å². The summed E-state index contributed by atoms with van der Waals surface area (Å²) in [4.78, 5) is 14.7. The molecule has 1 amide bonds. The Balaban J connectivity index is 2.44. The van der Waals surface area contributed by atoms with Crippen LogP contribution in [0, 0.1) is 0 Å². The lowest BCUT2D eigenvalue weighted by Gasteiger charge is -2.20. The highest BCUT2D eigenvalue weighted by atomic mass is 16.5. The number of amides is 1. The third kappa shape index (κ3) is 4.22. The van der Waals surface area contributed by atoms with Crippen molar-refractivity contribution in [2.24, 2.45) is 0 Å². The molecule has 0 aromatic heterocycles. The predicted molar refractivity (Wildman–Crippen MR) is 95.2 cm³/mol. The molecule has 3 heteroatoms. The van der Waals surface area contributed by atoms with E-state index >= 15 is 0 Å². The zero-order chi connectivity index (χ0) is 16.7. The van der Waals surface area contributed by atoms with E-state index in [1.54, 1.807) is 7.11 Å². The Morgan fingerprint density at radius 3 is 2.13 bits per heavy atom. The molecule has 0 saturated heterocycles. The molecule has 0 radical (unpaired) electrons. The van der Waals surface area contributed by atoms with Gasteiger partial charge in [0.05, 0.1) is 7.11 Å². The average molecular weight is 309 g/mol. The fraction of sp³-hybridized carbons (Fsp3) is 0.250. The highest BCUT2D eigenvalue weighted by Gasteiger charge is 2.17. The summed E-state index contributed by atoms with van der Waals surface area (Å²) in [5.41, 5.74) is 2.62. The van der Waals surface area contributed by atoms with E-state index in [1.807, 2.05) is 79.4 Å². The van der Waals surface area contributed by atoms with Gasteiger partial charge in [-0.2, -0.15) is 0 Å². The number of carbonyl (C=O) groups excluding carboxylic acids is 1. The van der Waals surface area contributed by atoms with E-state index in [2.05, 4.69) is 0 Å². The fourth-order valence-corrected chi connectivity index (χ4v) is 2.43. The van der Waals surface area contributed by atoms with Crippen molar-refractivity contribution in [3.8, 4) is 5.75 Å². The lowest BCUT2D eigenvalue weighted by molar-refractivity contribution is -0.124. The number of methoxy groups -OCH3 is 1. The number of carbonyl (C=O) groups is 1. The van der Waals surface area contributed by atoms with Crippen molar-refractivity contribution in [1.29, 1.82) is 0 Å². The van der Waals surface area contributed by atoms with E-state index in [0.29, 0.717) is 18.7 Å². The quantitative estimate of drug-likeness (QED) is 0.594. The van der Waals surface area contributed by atoms with Crippen LogP contribution in [0.4, 0.5) is 0 Å². The SMILES string of the molecule is CCN(CC)C(=O)C(=Cc1ccc(OC)cc1)c1ccccc1. The monoisotopic (exact) mass is 309 g/mol. The minimum absolute atomic E-state index is 0.0528. The van der Waals surface area contributed by atoms with Gasteiger partial charge in [-0.05, 0) is 43.2 Å². The van der Waals surface area contributed by atoms with E-state index in [4.69, 9.17) is 4.74 Å². The van der Waals surface area contributed by atoms with Crippen LogP contribution in [0.3, 0.4) is 0 Å². The second kappa shape index (κ2) is 8.18. The number of benzene rings is 2. The van der Waals surface area contributed by atoms with Gasteiger partial charge in [-0.25, -0.2) is 0 Å². The van der Waals surface area contributed by atoms with Crippen LogP contribution in [0.2, 0.25) is 0 Å². The summed E-state index contributed by atoms with van der Waals surface area (Å²) in [5, 5.41) is 0. The van der Waals surface area contributed by atoms with Gasteiger partial charge in [0.2, 0.25) is 0 Å². The Morgan fingerprint density at radius 1 is 1.00 bits per heavy atom. The van der Waals surface area contributed by atoms with Crippen LogP contribution >= 0.6 is 0 Å². The summed E-state index contributed by atoms with van der Waals surface area (Å²) in [6.45, 7) is 5.39. The summed E-state index contributed by atoms with van der Waals surface area (Å²) in [6, 6.07) is 17.5. The van der Waals surface area contributed by atoms with Crippen molar-refractivity contribution in [1.82, 2.24) is 4.90 Å². The first-order chi connectivity index (χ1) is 11.2. The van der Waals surface area contributed by atoms with Crippen molar-refractivity contribution in [3.05, 3.63) is 65.7 Å². The molecule has 0 aliphatic carbocycles. The second-order valence-corrected chi connectivity index (χ2v) is 5.17. The summed E-state index contributed by atoms with van der Waals surface area (Å²) in [5.74, 6) is 0.857. The van der Waals surface area contributed by atoms with Crippen LogP contribution in [0.25, 0.3) is 11.6 Å². The summed E-state index contributed by atoms with van der Waals surface area (Å²) >= 11 is 0. The van der Waals surface area contributed by atoms with E-state index in [1.165, 1.54) is 0 Å². The first-order valence-electron chi connectivity index (χ1n) is 7.90. The lowest BCUT2D eigenvalue weighted by atomic mass is 10.0. The molecule has 0 atom stereocenters. The molecule has 0 aliphatic heterocycles. The van der Waals surface area contributed by atoms with Gasteiger partial charge in [-0.3, -0.25) is 4.79 Å². The van der Waals surface area contributed by atoms with Gasteiger partial charge >= 0.3 is 0 Å². The maximum absolute atomic E-state index is 12.9. The summed E-state index contributed by atoms with van der Waals surface area (Å²) in [7, 11) is 1.64. The van der Waals surface area contributed by atoms with Crippen LogP contribution < -0.4 is 4.74 Å². The van der Waals surface area contributed by atoms with Crippen LogP contribution in [0.15, 0.2) is 54.6 Å². The van der Waals surface area contributed by atoms with Crippen molar-refractivity contribution >= 4 is 17.6 Å². The zero-order valence-electron chi connectivity index (χ0n) is 14.0. The smallest absolute Gasteiger partial charge is 0.254 e. The van der Waals surface area contributed by atoms with Gasteiger partial charge < -0.3 is 9.64 Å². The summed E-state index contributed by atoms with van der Waals surface area (Å²) in [6.07, 6.45) is 1.94. The molecule has 0 aliphatic rings. The molecule has 120 valence electrons. The average Bonchev–Trinajstić information content (AvgIpc) is 2.62. The van der Waals surface area contributed by atoms with Crippen LogP contribution in [-0.4, -0.2) is 31.0 Å². The molecule has 2 rings (SSSR count). The molecule has 0 heterocycles. The molecule has 0 unspecified atom stereocenters. The molecule has 2 aromatic rings. The Morgan fingerprint density at radius 2 is 1.61 bits per heavy atom. The van der Waals surface area contributed by atoms with E-state index in [0.717, 1.165) is 16.9 Å². The molecule has 0 fully saturated rings. The minimum atomic E-state index is 0.0528. The number of rotatable bonds is 6. The van der Waals surface area contributed by atoms with Gasteiger partial charge in [0.15, 0.2) is 0 Å². The Labute approximate surface area is 138 Å². The van der Waals surface area contributed by atoms with Gasteiger partial charge in [-0.1, -0.05) is 42.5 Å². The lowest BCUT2D eigenvalue weighted by Crippen LogP contribution is -2.31. The van der Waals surface area contributed by atoms with Crippen molar-refractivity contribution in [2.75, 3.05) is 20.2 Å². The number of likely N-dealkylation sites (N-methyl/N-ethyl adjacent to an activating group) is 1. The van der Waals surface area contributed by atoms with Crippen molar-refractivity contribution in [2.45, 2.75) is 13.8 Å². The first-order valence-corrected chi connectivity index (χ1v) is 7.90. The largest absolute Gasteiger partial charge is 0.497 e. The molecule has 0 bridgehead atoms. The van der Waals surface area contributed by atoms with Crippen molar-refractivity contribution < 1.29 is 9.53 Å². The Bertz CT molecular complexity index is 656. The standard InChI is InChI=1S/C20H23NO2/c1-4-21(5-2)20(22)19(17-9-7-6-8-10-17)15-16-11-13-18(23-3)14-12-16/h6-15H,4-5H2,1-3H3. The van der Waals surface area contributed by atoms with Crippen molar-refractivity contribution in [3.63, 3.8) is 0 Å². The highest BCUT2D eigenvalue weighted by Crippen LogP contribution is 2.22. The summed E-state index contributed by atoms with van der Waals surface area (Å²) < 4.78 is 5.18. The first kappa shape index (κ1) is 16.8. The van der Waals surface area contributed by atoms with E-state index in [9.17, 15) is 4.79 Å². The number of nitrogens with zero attached hydrogens (tertiary/aromatic N) is 1. The molecule has 0 saturated carbocycles. The van der Waals surface area contributed by atoms with Gasteiger partial charge in [0.25, 0.3) is 5.91 Å². The van der Waals surface area contributed by atoms with Gasteiger partial charge in [-0.15, -0.1) is 0 Å². The van der Waals surface area contributed by atoms with E-state index < -0.39 is 0 Å². The van der Waals surface area contributed by atoms with E-state index in [-0.39, 0.29) is 5.91 Å². The third-order valence-electron chi connectivity index (χ3n) is 3.79. The maximum Gasteiger partial charge on any atom is 0.254 e. The topological polar surface area (TPSA) is 29.5 Å². The Hall–Kier alpha value is -2.55.